The highest BCUT2D eigenvalue weighted by Crippen LogP contribution is 2.15. The Morgan fingerprint density at radius 2 is 1.96 bits per heavy atom. The monoisotopic (exact) mass is 353 g/mol. The molecule has 1 aromatic carbocycles. The molecule has 1 saturated heterocycles. The Morgan fingerprint density at radius 1 is 1.15 bits per heavy atom. The molecule has 0 saturated carbocycles. The van der Waals surface area contributed by atoms with Crippen molar-refractivity contribution in [2.24, 2.45) is 10.7 Å². The van der Waals surface area contributed by atoms with Crippen molar-refractivity contribution in [3.8, 4) is 0 Å². The maximum atomic E-state index is 6.09. The fraction of sp³-hybridized carbons (Fsp3) is 0.526. The first-order valence-electron chi connectivity index (χ1n) is 9.51. The molecule has 138 valence electrons. The molecule has 26 heavy (non-hydrogen) atoms. The summed E-state index contributed by atoms with van der Waals surface area (Å²) in [4.78, 5) is 6.97. The number of piperidine rings is 1. The number of rotatable bonds is 5. The fourth-order valence-corrected chi connectivity index (χ4v) is 3.82. The van der Waals surface area contributed by atoms with Crippen LogP contribution in [0.2, 0.25) is 0 Å². The van der Waals surface area contributed by atoms with E-state index in [1.807, 2.05) is 0 Å². The third kappa shape index (κ3) is 4.04. The molecule has 2 aliphatic rings. The van der Waals surface area contributed by atoms with E-state index < -0.39 is 0 Å². The molecular weight excluding hydrogens is 326 g/mol. The zero-order valence-corrected chi connectivity index (χ0v) is 15.1. The molecule has 0 radical (unpaired) electrons. The summed E-state index contributed by atoms with van der Waals surface area (Å²) in [6.45, 7) is 4.68. The summed E-state index contributed by atoms with van der Waals surface area (Å²) in [6, 6.07) is 11.1. The smallest absolute Gasteiger partial charge is 0.189 e. The number of guanidine groups is 1. The van der Waals surface area contributed by atoms with Gasteiger partial charge in [-0.25, -0.2) is 4.99 Å². The Morgan fingerprint density at radius 3 is 2.77 bits per heavy atom. The second kappa shape index (κ2) is 7.86. The third-order valence-electron chi connectivity index (χ3n) is 5.27. The first-order chi connectivity index (χ1) is 12.8. The van der Waals surface area contributed by atoms with Crippen molar-refractivity contribution in [2.75, 3.05) is 13.1 Å². The summed E-state index contributed by atoms with van der Waals surface area (Å²) in [6.07, 6.45) is 4.34. The van der Waals surface area contributed by atoms with Gasteiger partial charge in [-0.3, -0.25) is 4.90 Å². The zero-order valence-electron chi connectivity index (χ0n) is 15.1. The highest BCUT2D eigenvalue weighted by Gasteiger charge is 2.20. The summed E-state index contributed by atoms with van der Waals surface area (Å²) < 4.78 is 2.17. The van der Waals surface area contributed by atoms with Gasteiger partial charge in [0.25, 0.3) is 0 Å². The van der Waals surface area contributed by atoms with Crippen LogP contribution in [0.3, 0.4) is 0 Å². The Hall–Kier alpha value is -2.41. The lowest BCUT2D eigenvalue weighted by Gasteiger charge is -2.32. The van der Waals surface area contributed by atoms with Gasteiger partial charge >= 0.3 is 0 Å². The average molecular weight is 353 g/mol. The summed E-state index contributed by atoms with van der Waals surface area (Å²) in [5.41, 5.74) is 7.47. The Balaban J connectivity index is 1.23. The van der Waals surface area contributed by atoms with Gasteiger partial charge in [-0.05, 0) is 24.8 Å². The van der Waals surface area contributed by atoms with Crippen LogP contribution in [0, 0.1) is 0 Å². The molecule has 0 bridgehead atoms. The Kier molecular flexibility index (Phi) is 5.15. The van der Waals surface area contributed by atoms with Crippen molar-refractivity contribution in [3.63, 3.8) is 0 Å². The van der Waals surface area contributed by atoms with E-state index in [-0.39, 0.29) is 0 Å². The van der Waals surface area contributed by atoms with Crippen molar-refractivity contribution in [1.29, 1.82) is 0 Å². The number of fused-ring (bicyclic) bond motifs is 1. The van der Waals surface area contributed by atoms with Crippen molar-refractivity contribution in [2.45, 2.75) is 51.4 Å². The van der Waals surface area contributed by atoms with Gasteiger partial charge in [0.05, 0.1) is 0 Å². The van der Waals surface area contributed by atoms with Crippen molar-refractivity contribution in [1.82, 2.24) is 25.0 Å². The lowest BCUT2D eigenvalue weighted by molar-refractivity contribution is 0.199. The Labute approximate surface area is 154 Å². The first kappa shape index (κ1) is 17.0. The number of aromatic nitrogens is 3. The number of aryl methyl sites for hydroxylation is 1. The molecule has 3 N–H and O–H groups in total. The van der Waals surface area contributed by atoms with E-state index in [1.165, 1.54) is 5.56 Å². The van der Waals surface area contributed by atoms with Gasteiger partial charge in [0, 0.05) is 38.6 Å². The van der Waals surface area contributed by atoms with Crippen LogP contribution in [0.4, 0.5) is 0 Å². The molecule has 0 amide bonds. The van der Waals surface area contributed by atoms with Gasteiger partial charge in [0.2, 0.25) is 0 Å². The lowest BCUT2D eigenvalue weighted by Crippen LogP contribution is -2.46. The number of nitrogens with one attached hydrogen (secondary N) is 1. The zero-order chi connectivity index (χ0) is 17.8. The van der Waals surface area contributed by atoms with Crippen LogP contribution < -0.4 is 11.1 Å². The van der Waals surface area contributed by atoms with Crippen LogP contribution in [0.1, 0.15) is 36.5 Å². The van der Waals surface area contributed by atoms with Crippen LogP contribution in [-0.2, 0) is 26.1 Å². The molecule has 0 aliphatic carbocycles. The van der Waals surface area contributed by atoms with Crippen LogP contribution in [-0.4, -0.2) is 44.8 Å². The number of likely N-dealkylation sites (tertiary alicyclic amines) is 1. The standard InChI is InChI=1S/C19H27N7/c20-19(21-13-18-24-23-17-7-4-10-26(17)18)22-16-8-11-25(12-9-16)14-15-5-2-1-3-6-15/h1-3,5-6,16H,4,7-14H2,(H3,20,21,22). The van der Waals surface area contributed by atoms with Gasteiger partial charge in [-0.1, -0.05) is 30.3 Å². The average Bonchev–Trinajstić information content (AvgIpc) is 3.27. The molecule has 0 atom stereocenters. The second-order valence-corrected chi connectivity index (χ2v) is 7.17. The van der Waals surface area contributed by atoms with Gasteiger partial charge in [0.15, 0.2) is 11.8 Å². The van der Waals surface area contributed by atoms with E-state index in [2.05, 4.69) is 60.3 Å². The normalized spacial score (nSPS) is 18.8. The summed E-state index contributed by atoms with van der Waals surface area (Å²) in [5.74, 6) is 2.51. The largest absolute Gasteiger partial charge is 0.370 e. The molecule has 4 rings (SSSR count). The minimum atomic E-state index is 0.398. The minimum Gasteiger partial charge on any atom is -0.370 e. The maximum absolute atomic E-state index is 6.09. The second-order valence-electron chi connectivity index (χ2n) is 7.17. The van der Waals surface area contributed by atoms with Crippen molar-refractivity contribution < 1.29 is 0 Å². The lowest BCUT2D eigenvalue weighted by atomic mass is 10.0. The van der Waals surface area contributed by atoms with Crippen LogP contribution in [0.15, 0.2) is 35.3 Å². The SMILES string of the molecule is NC(=NCc1nnc2n1CCC2)NC1CCN(Cc2ccccc2)CC1. The van der Waals surface area contributed by atoms with Crippen LogP contribution in [0.5, 0.6) is 0 Å². The highest BCUT2D eigenvalue weighted by atomic mass is 15.3. The summed E-state index contributed by atoms with van der Waals surface area (Å²) in [7, 11) is 0. The number of nitrogens with two attached hydrogens (primary N) is 1. The predicted octanol–water partition coefficient (Wildman–Crippen LogP) is 1.29. The first-order valence-corrected chi connectivity index (χ1v) is 9.51. The number of hydrogen-bond acceptors (Lipinski definition) is 4. The molecule has 2 aliphatic heterocycles. The van der Waals surface area contributed by atoms with E-state index in [1.54, 1.807) is 0 Å². The molecule has 7 nitrogen and oxygen atoms in total. The van der Waals surface area contributed by atoms with Crippen molar-refractivity contribution >= 4 is 5.96 Å². The van der Waals surface area contributed by atoms with E-state index in [0.29, 0.717) is 18.5 Å². The molecular formula is C19H27N7. The number of hydrogen-bond donors (Lipinski definition) is 2. The maximum Gasteiger partial charge on any atom is 0.189 e. The highest BCUT2D eigenvalue weighted by molar-refractivity contribution is 5.78. The minimum absolute atomic E-state index is 0.398. The fourth-order valence-electron chi connectivity index (χ4n) is 3.82. The number of nitrogens with zero attached hydrogens (tertiary/aromatic N) is 5. The van der Waals surface area contributed by atoms with Crippen LogP contribution in [0.25, 0.3) is 0 Å². The van der Waals surface area contributed by atoms with Gasteiger partial charge in [0.1, 0.15) is 12.4 Å². The van der Waals surface area contributed by atoms with Crippen molar-refractivity contribution in [3.05, 3.63) is 47.5 Å². The summed E-state index contributed by atoms with van der Waals surface area (Å²) in [5, 5.41) is 11.8. The van der Waals surface area contributed by atoms with E-state index in [0.717, 1.165) is 63.5 Å². The molecule has 2 aromatic rings. The number of benzene rings is 1. The topological polar surface area (TPSA) is 84.4 Å². The van der Waals surface area contributed by atoms with E-state index in [4.69, 9.17) is 5.73 Å². The molecule has 1 fully saturated rings. The van der Waals surface area contributed by atoms with Gasteiger partial charge < -0.3 is 15.6 Å². The number of aliphatic imine (C=N–C) groups is 1. The third-order valence-corrected chi connectivity index (χ3v) is 5.27. The molecule has 7 heteroatoms. The van der Waals surface area contributed by atoms with Gasteiger partial charge in [-0.2, -0.15) is 0 Å². The molecule has 3 heterocycles. The molecule has 1 aromatic heterocycles. The van der Waals surface area contributed by atoms with Crippen LogP contribution >= 0.6 is 0 Å². The molecule has 0 unspecified atom stereocenters. The Bertz CT molecular complexity index is 745. The predicted molar refractivity (Wildman–Crippen MR) is 102 cm³/mol. The van der Waals surface area contributed by atoms with Gasteiger partial charge in [-0.15, -0.1) is 10.2 Å². The molecule has 0 spiro atoms. The quantitative estimate of drug-likeness (QED) is 0.625. The van der Waals surface area contributed by atoms with E-state index >= 15 is 0 Å². The summed E-state index contributed by atoms with van der Waals surface area (Å²) >= 11 is 0. The van der Waals surface area contributed by atoms with E-state index in [9.17, 15) is 0 Å².